The first kappa shape index (κ1) is 14.3. The number of halogens is 2. The van der Waals surface area contributed by atoms with E-state index in [0.717, 1.165) is 37.3 Å². The second-order valence-corrected chi connectivity index (χ2v) is 5.78. The lowest BCUT2D eigenvalue weighted by molar-refractivity contribution is 0.377. The summed E-state index contributed by atoms with van der Waals surface area (Å²) in [6.45, 7) is 1.81. The van der Waals surface area contributed by atoms with Crippen LogP contribution in [0.1, 0.15) is 18.9 Å². The highest BCUT2D eigenvalue weighted by Crippen LogP contribution is 2.32. The topological polar surface area (TPSA) is 42.7 Å². The Hall–Kier alpha value is -2.34. The minimum absolute atomic E-state index is 0.217. The molecule has 1 aliphatic heterocycles. The van der Waals surface area contributed by atoms with E-state index >= 15 is 0 Å². The van der Waals surface area contributed by atoms with E-state index in [1.807, 2.05) is 16.7 Å². The summed E-state index contributed by atoms with van der Waals surface area (Å²) < 4.78 is 29.4. The first-order chi connectivity index (χ1) is 11.2. The van der Waals surface area contributed by atoms with Crippen LogP contribution in [0.3, 0.4) is 0 Å². The summed E-state index contributed by atoms with van der Waals surface area (Å²) in [7, 11) is 0. The molecule has 2 aromatic heterocycles. The van der Waals surface area contributed by atoms with Crippen LogP contribution in [-0.4, -0.2) is 27.6 Å². The van der Waals surface area contributed by atoms with Crippen molar-refractivity contribution in [2.24, 2.45) is 0 Å². The van der Waals surface area contributed by atoms with Gasteiger partial charge >= 0.3 is 0 Å². The molecule has 0 bridgehead atoms. The number of rotatable bonds is 2. The molecule has 6 heteroatoms. The Bertz CT molecular complexity index is 839. The van der Waals surface area contributed by atoms with Crippen LogP contribution in [0.4, 0.5) is 8.78 Å². The molecular formula is C17H16F2N4. The van der Waals surface area contributed by atoms with Crippen LogP contribution in [0, 0.1) is 11.6 Å². The first-order valence-corrected chi connectivity index (χ1v) is 7.72. The summed E-state index contributed by atoms with van der Waals surface area (Å²) in [4.78, 5) is 8.60. The Labute approximate surface area is 132 Å². The zero-order valence-electron chi connectivity index (χ0n) is 12.5. The predicted octanol–water partition coefficient (Wildman–Crippen LogP) is 3.30. The lowest BCUT2D eigenvalue weighted by Gasteiger charge is -2.26. The van der Waals surface area contributed by atoms with Gasteiger partial charge in [-0.3, -0.25) is 4.98 Å². The van der Waals surface area contributed by atoms with Crippen LogP contribution >= 0.6 is 0 Å². The molecule has 1 fully saturated rings. The van der Waals surface area contributed by atoms with Crippen LogP contribution in [0.25, 0.3) is 22.4 Å². The molecule has 23 heavy (non-hydrogen) atoms. The van der Waals surface area contributed by atoms with Crippen molar-refractivity contribution in [1.29, 1.82) is 0 Å². The van der Waals surface area contributed by atoms with Crippen LogP contribution < -0.4 is 5.32 Å². The van der Waals surface area contributed by atoms with Gasteiger partial charge < -0.3 is 9.88 Å². The van der Waals surface area contributed by atoms with Gasteiger partial charge in [0.15, 0.2) is 11.6 Å². The molecule has 0 saturated carbocycles. The molecule has 0 unspecified atom stereocenters. The fraction of sp³-hybridized carbons (Fsp3) is 0.294. The van der Waals surface area contributed by atoms with Gasteiger partial charge in [0.05, 0.1) is 11.0 Å². The largest absolute Gasteiger partial charge is 0.321 e. The van der Waals surface area contributed by atoms with Gasteiger partial charge in [-0.25, -0.2) is 13.8 Å². The van der Waals surface area contributed by atoms with Crippen LogP contribution in [0.5, 0.6) is 0 Å². The highest BCUT2D eigenvalue weighted by atomic mass is 19.2. The molecule has 0 atom stereocenters. The van der Waals surface area contributed by atoms with Gasteiger partial charge in [0.25, 0.3) is 0 Å². The quantitative estimate of drug-likeness (QED) is 0.789. The number of piperidine rings is 1. The summed E-state index contributed by atoms with van der Waals surface area (Å²) in [5, 5.41) is 3.33. The van der Waals surface area contributed by atoms with Gasteiger partial charge in [0.2, 0.25) is 0 Å². The van der Waals surface area contributed by atoms with Gasteiger partial charge in [-0.1, -0.05) is 0 Å². The fourth-order valence-electron chi connectivity index (χ4n) is 3.23. The van der Waals surface area contributed by atoms with Crippen LogP contribution in [0.15, 0.2) is 36.7 Å². The number of aromatic nitrogens is 3. The zero-order valence-corrected chi connectivity index (χ0v) is 12.5. The van der Waals surface area contributed by atoms with E-state index < -0.39 is 11.6 Å². The van der Waals surface area contributed by atoms with Gasteiger partial charge in [0, 0.05) is 36.1 Å². The van der Waals surface area contributed by atoms with E-state index in [1.54, 1.807) is 12.4 Å². The Kier molecular flexibility index (Phi) is 3.53. The molecule has 0 radical (unpaired) electrons. The predicted molar refractivity (Wildman–Crippen MR) is 84.0 cm³/mol. The maximum atomic E-state index is 13.8. The van der Waals surface area contributed by atoms with Gasteiger partial charge in [0.1, 0.15) is 5.82 Å². The SMILES string of the molecule is Fc1cc2nc(-c3ccncc3)n(C3CCNCC3)c2cc1F. The monoisotopic (exact) mass is 314 g/mol. The maximum absolute atomic E-state index is 13.8. The molecule has 118 valence electrons. The highest BCUT2D eigenvalue weighted by Gasteiger charge is 2.23. The summed E-state index contributed by atoms with van der Waals surface area (Å²) in [5.41, 5.74) is 2.02. The minimum atomic E-state index is -0.867. The first-order valence-electron chi connectivity index (χ1n) is 7.72. The third-order valence-electron chi connectivity index (χ3n) is 4.34. The summed E-state index contributed by atoms with van der Waals surface area (Å²) in [6.07, 6.45) is 5.26. The standard InChI is InChI=1S/C17H16F2N4/c18-13-9-15-16(10-14(13)19)23(12-3-7-21-8-4-12)17(22-15)11-1-5-20-6-2-11/h1-2,5-6,9-10,12,21H,3-4,7-8H2. The van der Waals surface area contributed by atoms with Crippen molar-refractivity contribution in [3.05, 3.63) is 48.3 Å². The van der Waals surface area contributed by atoms with Crippen molar-refractivity contribution in [2.45, 2.75) is 18.9 Å². The molecule has 1 aliphatic rings. The number of imidazole rings is 1. The molecule has 3 heterocycles. The summed E-state index contributed by atoms with van der Waals surface area (Å²) in [6, 6.07) is 6.38. The molecule has 1 N–H and O–H groups in total. The second-order valence-electron chi connectivity index (χ2n) is 5.78. The van der Waals surface area contributed by atoms with Crippen molar-refractivity contribution < 1.29 is 8.78 Å². The van der Waals surface area contributed by atoms with Gasteiger partial charge in [-0.2, -0.15) is 0 Å². The molecule has 1 saturated heterocycles. The van der Waals surface area contributed by atoms with E-state index in [4.69, 9.17) is 0 Å². The van der Waals surface area contributed by atoms with E-state index in [0.29, 0.717) is 11.0 Å². The molecular weight excluding hydrogens is 298 g/mol. The van der Waals surface area contributed by atoms with Crippen molar-refractivity contribution in [3.8, 4) is 11.4 Å². The lowest BCUT2D eigenvalue weighted by Crippen LogP contribution is -2.29. The molecule has 0 spiro atoms. The Morgan fingerprint density at radius 3 is 2.48 bits per heavy atom. The third-order valence-corrected chi connectivity index (χ3v) is 4.34. The molecule has 4 nitrogen and oxygen atoms in total. The van der Waals surface area contributed by atoms with Crippen molar-refractivity contribution in [2.75, 3.05) is 13.1 Å². The van der Waals surface area contributed by atoms with Crippen LogP contribution in [0.2, 0.25) is 0 Å². The Morgan fingerprint density at radius 2 is 1.74 bits per heavy atom. The van der Waals surface area contributed by atoms with Crippen LogP contribution in [-0.2, 0) is 0 Å². The van der Waals surface area contributed by atoms with Crippen molar-refractivity contribution in [1.82, 2.24) is 19.9 Å². The Morgan fingerprint density at radius 1 is 1.04 bits per heavy atom. The van der Waals surface area contributed by atoms with E-state index in [9.17, 15) is 8.78 Å². The zero-order chi connectivity index (χ0) is 15.8. The molecule has 0 amide bonds. The minimum Gasteiger partial charge on any atom is -0.321 e. The van der Waals surface area contributed by atoms with Crippen molar-refractivity contribution >= 4 is 11.0 Å². The number of nitrogens with one attached hydrogen (secondary N) is 1. The summed E-state index contributed by atoms with van der Waals surface area (Å²) in [5.74, 6) is -0.970. The van der Waals surface area contributed by atoms with E-state index in [2.05, 4.69) is 15.3 Å². The molecule has 1 aromatic carbocycles. The third kappa shape index (κ3) is 2.49. The Balaban J connectivity index is 1.96. The number of pyridine rings is 1. The average molecular weight is 314 g/mol. The average Bonchev–Trinajstić information content (AvgIpc) is 2.95. The van der Waals surface area contributed by atoms with Crippen molar-refractivity contribution in [3.63, 3.8) is 0 Å². The number of nitrogens with zero attached hydrogens (tertiary/aromatic N) is 3. The smallest absolute Gasteiger partial charge is 0.161 e. The van der Waals surface area contributed by atoms with E-state index in [1.165, 1.54) is 12.1 Å². The number of fused-ring (bicyclic) bond motifs is 1. The molecule has 0 aliphatic carbocycles. The number of hydrogen-bond donors (Lipinski definition) is 1. The molecule has 4 rings (SSSR count). The van der Waals surface area contributed by atoms with Gasteiger partial charge in [-0.05, 0) is 38.1 Å². The fourth-order valence-corrected chi connectivity index (χ4v) is 3.23. The number of benzene rings is 1. The van der Waals surface area contributed by atoms with Gasteiger partial charge in [-0.15, -0.1) is 0 Å². The number of hydrogen-bond acceptors (Lipinski definition) is 3. The normalized spacial score (nSPS) is 16.1. The highest BCUT2D eigenvalue weighted by molar-refractivity contribution is 5.81. The summed E-state index contributed by atoms with van der Waals surface area (Å²) >= 11 is 0. The van der Waals surface area contributed by atoms with E-state index in [-0.39, 0.29) is 6.04 Å². The second kappa shape index (κ2) is 5.70. The maximum Gasteiger partial charge on any atom is 0.161 e. The molecule has 3 aromatic rings. The lowest BCUT2D eigenvalue weighted by atomic mass is 10.1.